The largest absolute Gasteiger partial charge is 0.322 e. The fourth-order valence-electron chi connectivity index (χ4n) is 3.24. The first-order chi connectivity index (χ1) is 13.9. The van der Waals surface area contributed by atoms with Gasteiger partial charge in [0.05, 0.1) is 24.1 Å². The number of fused-ring (bicyclic) bond motifs is 1. The molecule has 1 aliphatic heterocycles. The number of amides is 2. The van der Waals surface area contributed by atoms with E-state index in [4.69, 9.17) is 0 Å². The number of nitrogens with zero attached hydrogens (tertiary/aromatic N) is 3. The second kappa shape index (κ2) is 7.36. The topological polar surface area (TPSA) is 67.2 Å². The van der Waals surface area contributed by atoms with Crippen molar-refractivity contribution in [3.05, 3.63) is 72.3 Å². The fraction of sp³-hybridized carbons (Fsp3) is 0.190. The van der Waals surface area contributed by atoms with Gasteiger partial charge in [-0.3, -0.25) is 14.3 Å². The lowest BCUT2D eigenvalue weighted by molar-refractivity contribution is -0.128. The van der Waals surface area contributed by atoms with E-state index >= 15 is 0 Å². The molecule has 1 aromatic heterocycles. The van der Waals surface area contributed by atoms with Crippen LogP contribution in [0.15, 0.2) is 65.8 Å². The first kappa shape index (κ1) is 19.2. The van der Waals surface area contributed by atoms with Crippen LogP contribution in [0.5, 0.6) is 0 Å². The quantitative estimate of drug-likeness (QED) is 0.668. The van der Waals surface area contributed by atoms with Gasteiger partial charge in [0, 0.05) is 18.1 Å². The molecule has 8 heteroatoms. The molecule has 1 atom stereocenters. The summed E-state index contributed by atoms with van der Waals surface area (Å²) in [6.45, 7) is 1.99. The maximum atomic E-state index is 13.3. The number of anilines is 2. The first-order valence-corrected chi connectivity index (χ1v) is 9.83. The molecule has 0 bridgehead atoms. The summed E-state index contributed by atoms with van der Waals surface area (Å²) in [7, 11) is 1.67. The molecule has 1 unspecified atom stereocenters. The predicted molar refractivity (Wildman–Crippen MR) is 110 cm³/mol. The summed E-state index contributed by atoms with van der Waals surface area (Å²) < 4.78 is 13.6. The molecular weight excluding hydrogens is 391 g/mol. The van der Waals surface area contributed by atoms with Crippen LogP contribution >= 0.6 is 11.8 Å². The van der Waals surface area contributed by atoms with E-state index in [0.717, 1.165) is 16.1 Å². The minimum Gasteiger partial charge on any atom is -0.322 e. The number of rotatable bonds is 4. The minimum atomic E-state index is -1.30. The zero-order valence-electron chi connectivity index (χ0n) is 15.9. The Morgan fingerprint density at radius 3 is 2.83 bits per heavy atom. The highest BCUT2D eigenvalue weighted by molar-refractivity contribution is 8.02. The van der Waals surface area contributed by atoms with Crippen LogP contribution in [-0.2, 0) is 16.1 Å². The number of carbonyl (C=O) groups is 2. The molecule has 1 aliphatic rings. The van der Waals surface area contributed by atoms with Gasteiger partial charge >= 0.3 is 0 Å². The highest BCUT2D eigenvalue weighted by Crippen LogP contribution is 2.45. The SMILES string of the molecule is CN1C(=O)C(C)(C(=O)Nc2cnn(Cc3cccc(F)c3)c2)Sc2ccccc21. The van der Waals surface area contributed by atoms with Crippen molar-refractivity contribution in [1.82, 2.24) is 9.78 Å². The van der Waals surface area contributed by atoms with Crippen LogP contribution in [0.3, 0.4) is 0 Å². The molecule has 3 aromatic rings. The Bertz CT molecular complexity index is 1100. The van der Waals surface area contributed by atoms with Crippen molar-refractivity contribution in [2.75, 3.05) is 17.3 Å². The number of hydrogen-bond donors (Lipinski definition) is 1. The molecule has 0 fully saturated rings. The molecule has 2 heterocycles. The Morgan fingerprint density at radius 1 is 1.24 bits per heavy atom. The average molecular weight is 410 g/mol. The molecular formula is C21H19FN4O2S. The van der Waals surface area contributed by atoms with E-state index in [1.807, 2.05) is 24.3 Å². The summed E-state index contributed by atoms with van der Waals surface area (Å²) in [5, 5.41) is 7.00. The van der Waals surface area contributed by atoms with Crippen LogP contribution in [0.25, 0.3) is 0 Å². The third kappa shape index (κ3) is 3.63. The summed E-state index contributed by atoms with van der Waals surface area (Å²) in [5.41, 5.74) is 2.02. The molecule has 2 aromatic carbocycles. The van der Waals surface area contributed by atoms with Gasteiger partial charge in [0.2, 0.25) is 5.91 Å². The number of nitrogens with one attached hydrogen (secondary N) is 1. The zero-order chi connectivity index (χ0) is 20.6. The summed E-state index contributed by atoms with van der Waals surface area (Å²) >= 11 is 1.24. The van der Waals surface area contributed by atoms with E-state index in [0.29, 0.717) is 12.2 Å². The fourth-order valence-corrected chi connectivity index (χ4v) is 4.51. The van der Waals surface area contributed by atoms with E-state index in [1.54, 1.807) is 37.0 Å². The van der Waals surface area contributed by atoms with Crippen LogP contribution in [0, 0.1) is 5.82 Å². The lowest BCUT2D eigenvalue weighted by atomic mass is 10.1. The van der Waals surface area contributed by atoms with Crippen molar-refractivity contribution >= 4 is 35.0 Å². The maximum absolute atomic E-state index is 13.3. The number of carbonyl (C=O) groups excluding carboxylic acids is 2. The van der Waals surface area contributed by atoms with Crippen molar-refractivity contribution in [2.45, 2.75) is 23.1 Å². The number of para-hydroxylation sites is 1. The second-order valence-corrected chi connectivity index (χ2v) is 8.44. The van der Waals surface area contributed by atoms with Crippen molar-refractivity contribution < 1.29 is 14.0 Å². The first-order valence-electron chi connectivity index (χ1n) is 9.01. The van der Waals surface area contributed by atoms with Gasteiger partial charge < -0.3 is 10.2 Å². The van der Waals surface area contributed by atoms with E-state index in [1.165, 1.54) is 35.0 Å². The van der Waals surface area contributed by atoms with Crippen molar-refractivity contribution in [3.63, 3.8) is 0 Å². The van der Waals surface area contributed by atoms with Gasteiger partial charge in [0.15, 0.2) is 4.75 Å². The molecule has 148 valence electrons. The smallest absolute Gasteiger partial charge is 0.252 e. The Hall–Kier alpha value is -3.13. The zero-order valence-corrected chi connectivity index (χ0v) is 16.7. The Morgan fingerprint density at radius 2 is 2.03 bits per heavy atom. The summed E-state index contributed by atoms with van der Waals surface area (Å²) in [4.78, 5) is 28.3. The van der Waals surface area contributed by atoms with Crippen molar-refractivity contribution in [1.29, 1.82) is 0 Å². The minimum absolute atomic E-state index is 0.286. The monoisotopic (exact) mass is 410 g/mol. The lowest BCUT2D eigenvalue weighted by Crippen LogP contribution is -2.53. The van der Waals surface area contributed by atoms with Crippen LogP contribution < -0.4 is 10.2 Å². The van der Waals surface area contributed by atoms with Gasteiger partial charge in [-0.25, -0.2) is 4.39 Å². The number of thioether (sulfide) groups is 1. The van der Waals surface area contributed by atoms with Crippen LogP contribution in [0.4, 0.5) is 15.8 Å². The number of hydrogen-bond acceptors (Lipinski definition) is 4. The van der Waals surface area contributed by atoms with Gasteiger partial charge in [-0.05, 0) is 36.8 Å². The highest BCUT2D eigenvalue weighted by Gasteiger charge is 2.48. The number of aromatic nitrogens is 2. The number of halogens is 1. The van der Waals surface area contributed by atoms with Crippen molar-refractivity contribution in [3.8, 4) is 0 Å². The van der Waals surface area contributed by atoms with Gasteiger partial charge in [0.1, 0.15) is 5.82 Å². The van der Waals surface area contributed by atoms with E-state index in [-0.39, 0.29) is 11.7 Å². The van der Waals surface area contributed by atoms with Crippen LogP contribution in [-0.4, -0.2) is 33.4 Å². The molecule has 0 saturated heterocycles. The highest BCUT2D eigenvalue weighted by atomic mass is 32.2. The molecule has 0 aliphatic carbocycles. The van der Waals surface area contributed by atoms with E-state index < -0.39 is 10.7 Å². The molecule has 0 spiro atoms. The van der Waals surface area contributed by atoms with Gasteiger partial charge in [0.25, 0.3) is 5.91 Å². The lowest BCUT2D eigenvalue weighted by Gasteiger charge is -2.36. The molecule has 0 saturated carbocycles. The third-order valence-corrected chi connectivity index (χ3v) is 6.14. The number of benzene rings is 2. The summed E-state index contributed by atoms with van der Waals surface area (Å²) in [6.07, 6.45) is 3.16. The van der Waals surface area contributed by atoms with Gasteiger partial charge in [-0.1, -0.05) is 36.0 Å². The van der Waals surface area contributed by atoms with E-state index in [2.05, 4.69) is 10.4 Å². The van der Waals surface area contributed by atoms with Crippen LogP contribution in [0.2, 0.25) is 0 Å². The molecule has 29 heavy (non-hydrogen) atoms. The molecule has 1 N–H and O–H groups in total. The molecule has 6 nitrogen and oxygen atoms in total. The Labute approximate surface area is 171 Å². The molecule has 0 radical (unpaired) electrons. The summed E-state index contributed by atoms with van der Waals surface area (Å²) in [5.74, 6) is -1.02. The predicted octanol–water partition coefficient (Wildman–Crippen LogP) is 3.54. The molecule has 2 amide bonds. The van der Waals surface area contributed by atoms with Gasteiger partial charge in [-0.2, -0.15) is 5.10 Å². The third-order valence-electron chi connectivity index (χ3n) is 4.81. The maximum Gasteiger partial charge on any atom is 0.252 e. The van der Waals surface area contributed by atoms with Crippen molar-refractivity contribution in [2.24, 2.45) is 0 Å². The van der Waals surface area contributed by atoms with Gasteiger partial charge in [-0.15, -0.1) is 0 Å². The summed E-state index contributed by atoms with van der Waals surface area (Å²) in [6, 6.07) is 13.7. The average Bonchev–Trinajstić information content (AvgIpc) is 3.13. The van der Waals surface area contributed by atoms with E-state index in [9.17, 15) is 14.0 Å². The second-order valence-electron chi connectivity index (χ2n) is 6.98. The van der Waals surface area contributed by atoms with Crippen LogP contribution in [0.1, 0.15) is 12.5 Å². The molecule has 4 rings (SSSR count). The Balaban J connectivity index is 1.51. The normalized spacial score (nSPS) is 18.4. The standard InChI is InChI=1S/C21H19FN4O2S/c1-21(20(28)25(2)17-8-3-4-9-18(17)29-21)19(27)24-16-11-23-26(13-16)12-14-6-5-7-15(22)10-14/h3-11,13H,12H2,1-2H3,(H,24,27). The Kier molecular flexibility index (Phi) is 4.87.